The zero-order chi connectivity index (χ0) is 25.5. The van der Waals surface area contributed by atoms with Gasteiger partial charge < -0.3 is 16.6 Å². The minimum Gasteiger partial charge on any atom is -0.480 e. The molecule has 0 bridgehead atoms. The van der Waals surface area contributed by atoms with Gasteiger partial charge in [-0.3, -0.25) is 4.79 Å². The lowest BCUT2D eigenvalue weighted by atomic mass is 9.97. The highest BCUT2D eigenvalue weighted by Crippen LogP contribution is 2.40. The maximum Gasteiger partial charge on any atom is 0.321 e. The van der Waals surface area contributed by atoms with E-state index in [1.165, 1.54) is 17.4 Å². The summed E-state index contributed by atoms with van der Waals surface area (Å²) >= 11 is 1.23. The van der Waals surface area contributed by atoms with Crippen LogP contribution in [0, 0.1) is 0 Å². The molecule has 0 spiro atoms. The van der Waals surface area contributed by atoms with Gasteiger partial charge in [0.1, 0.15) is 22.0 Å². The fourth-order valence-corrected chi connectivity index (χ4v) is 7.03. The number of nitrogens with two attached hydrogens (primary N) is 3. The summed E-state index contributed by atoms with van der Waals surface area (Å²) in [6, 6.07) is 6.11. The van der Waals surface area contributed by atoms with Gasteiger partial charge in [0.2, 0.25) is 20.0 Å². The Kier molecular flexibility index (Phi) is 6.76. The molecule has 4 rings (SSSR count). The molecule has 35 heavy (non-hydrogen) atoms. The monoisotopic (exact) mass is 543 g/mol. The molecule has 0 aliphatic carbocycles. The smallest absolute Gasteiger partial charge is 0.321 e. The molecule has 0 saturated carbocycles. The minimum absolute atomic E-state index is 0.0329. The number of anilines is 1. The van der Waals surface area contributed by atoms with Crippen LogP contribution < -0.4 is 43.2 Å². The second kappa shape index (κ2) is 9.35. The molecule has 1 atom stereocenters. The SMILES string of the molecule is Nc1nc2c(-c3ccc(S(=O)(=O)NC[C@@H](N)C(=O)O)c(S(N)(=O)=O)c3C3NNNN3)cccc2s1. The Bertz CT molecular complexity index is 1520. The highest BCUT2D eigenvalue weighted by Gasteiger charge is 2.35. The molecule has 3 aromatic rings. The van der Waals surface area contributed by atoms with Gasteiger partial charge in [0.05, 0.1) is 10.2 Å². The van der Waals surface area contributed by atoms with Crippen LogP contribution in [0.5, 0.6) is 0 Å². The van der Waals surface area contributed by atoms with Crippen molar-refractivity contribution in [2.75, 3.05) is 12.3 Å². The summed E-state index contributed by atoms with van der Waals surface area (Å²) in [7, 11) is -9.24. The van der Waals surface area contributed by atoms with Gasteiger partial charge in [0.25, 0.3) is 0 Å². The van der Waals surface area contributed by atoms with Crippen LogP contribution in [-0.2, 0) is 24.8 Å². The number of aliphatic carboxylic acids is 1. The zero-order valence-corrected chi connectivity index (χ0v) is 20.1. The van der Waals surface area contributed by atoms with Gasteiger partial charge in [-0.05, 0) is 17.7 Å². The summed E-state index contributed by atoms with van der Waals surface area (Å²) in [5.41, 5.74) is 23.1. The Labute approximate surface area is 203 Å². The maximum absolute atomic E-state index is 13.1. The number of para-hydroxylation sites is 1. The molecule has 1 saturated heterocycles. The van der Waals surface area contributed by atoms with Gasteiger partial charge in [-0.15, -0.1) is 0 Å². The average Bonchev–Trinajstić information content (AvgIpc) is 3.44. The molecule has 12 N–H and O–H groups in total. The number of carbonyl (C=O) groups is 1. The van der Waals surface area contributed by atoms with Crippen LogP contribution in [0.2, 0.25) is 0 Å². The van der Waals surface area contributed by atoms with Crippen molar-refractivity contribution in [1.29, 1.82) is 0 Å². The average molecular weight is 544 g/mol. The van der Waals surface area contributed by atoms with E-state index in [9.17, 15) is 21.6 Å². The molecule has 1 aliphatic rings. The van der Waals surface area contributed by atoms with Crippen molar-refractivity contribution in [3.05, 3.63) is 35.9 Å². The Morgan fingerprint density at radius 2 is 1.83 bits per heavy atom. The van der Waals surface area contributed by atoms with Crippen molar-refractivity contribution in [1.82, 2.24) is 31.6 Å². The number of hydrogen-bond acceptors (Lipinski definition) is 13. The minimum atomic E-state index is -4.66. The van der Waals surface area contributed by atoms with Crippen LogP contribution in [0.3, 0.4) is 0 Å². The Hall–Kier alpha value is -2.78. The number of sulfonamides is 2. The van der Waals surface area contributed by atoms with Crippen LogP contribution in [0.25, 0.3) is 21.3 Å². The third-order valence-corrected chi connectivity index (χ3v) is 8.51. The number of carboxylic acid groups (broad SMARTS) is 1. The lowest BCUT2D eigenvalue weighted by Gasteiger charge is -2.22. The number of thiazole rings is 1. The molecular weight excluding hydrogens is 522 g/mol. The Morgan fingerprint density at radius 1 is 1.14 bits per heavy atom. The number of rotatable bonds is 8. The van der Waals surface area contributed by atoms with E-state index >= 15 is 0 Å². The van der Waals surface area contributed by atoms with Crippen LogP contribution >= 0.6 is 11.3 Å². The fourth-order valence-electron chi connectivity index (χ4n) is 3.55. The van der Waals surface area contributed by atoms with Crippen molar-refractivity contribution in [3.8, 4) is 11.1 Å². The first-order valence-electron chi connectivity index (χ1n) is 9.74. The number of benzene rings is 2. The number of aromatic nitrogens is 1. The molecule has 0 unspecified atom stereocenters. The zero-order valence-electron chi connectivity index (χ0n) is 17.6. The highest BCUT2D eigenvalue weighted by atomic mass is 32.2. The third-order valence-electron chi connectivity index (χ3n) is 5.05. The molecule has 1 aromatic heterocycles. The first-order chi connectivity index (χ1) is 16.4. The van der Waals surface area contributed by atoms with Crippen LogP contribution in [0.15, 0.2) is 40.1 Å². The standard InChI is InChI=1S/C17H21N9O6S3/c18-9(16(27)28)6-21-35(31,32)11-5-4-7(8-2-1-3-10-13(8)22-17(19)33-10)12(14(11)34(20,29)30)15-23-25-26-24-15/h1-5,9,15,21,23-26H,6,18H2,(H2,19,22)(H,27,28)(H2,20,29,30)/t9-/m1/s1. The van der Waals surface area contributed by atoms with Gasteiger partial charge >= 0.3 is 5.97 Å². The summed E-state index contributed by atoms with van der Waals surface area (Å²) in [6.45, 7) is -0.681. The first-order valence-corrected chi connectivity index (χ1v) is 13.6. The van der Waals surface area contributed by atoms with Crippen molar-refractivity contribution in [3.63, 3.8) is 0 Å². The normalized spacial score (nSPS) is 16.1. The summed E-state index contributed by atoms with van der Waals surface area (Å²) in [5.74, 6) is -1.44. The van der Waals surface area contributed by atoms with Crippen molar-refractivity contribution >= 4 is 52.7 Å². The van der Waals surface area contributed by atoms with E-state index in [1.54, 1.807) is 18.2 Å². The lowest BCUT2D eigenvalue weighted by molar-refractivity contribution is -0.138. The van der Waals surface area contributed by atoms with E-state index in [2.05, 4.69) is 26.9 Å². The van der Waals surface area contributed by atoms with Crippen molar-refractivity contribution in [2.24, 2.45) is 10.9 Å². The van der Waals surface area contributed by atoms with Gasteiger partial charge in [-0.25, -0.2) is 42.5 Å². The van der Waals surface area contributed by atoms with Gasteiger partial charge in [-0.2, -0.15) is 11.1 Å². The number of nitrogens with zero attached hydrogens (tertiary/aromatic N) is 1. The second-order valence-electron chi connectivity index (χ2n) is 7.37. The molecular formula is C17H21N9O6S3. The van der Waals surface area contributed by atoms with Crippen LogP contribution in [0.4, 0.5) is 5.13 Å². The van der Waals surface area contributed by atoms with Gasteiger partial charge in [0, 0.05) is 17.7 Å². The molecule has 188 valence electrons. The molecule has 1 aliphatic heterocycles. The number of primary sulfonamides is 1. The van der Waals surface area contributed by atoms with Gasteiger partial charge in [0.15, 0.2) is 5.13 Å². The van der Waals surface area contributed by atoms with E-state index in [-0.39, 0.29) is 5.56 Å². The largest absolute Gasteiger partial charge is 0.480 e. The van der Waals surface area contributed by atoms with Crippen molar-refractivity contribution in [2.45, 2.75) is 22.0 Å². The Balaban J connectivity index is 1.99. The number of hydrazine groups is 3. The molecule has 0 radical (unpaired) electrons. The molecule has 18 heteroatoms. The Morgan fingerprint density at radius 3 is 2.46 bits per heavy atom. The summed E-state index contributed by atoms with van der Waals surface area (Å²) < 4.78 is 54.5. The van der Waals surface area contributed by atoms with E-state index in [0.717, 1.165) is 10.8 Å². The quantitative estimate of drug-likeness (QED) is 0.149. The predicted molar refractivity (Wildman–Crippen MR) is 127 cm³/mol. The predicted octanol–water partition coefficient (Wildman–Crippen LogP) is -2.00. The van der Waals surface area contributed by atoms with Crippen molar-refractivity contribution < 1.29 is 26.7 Å². The number of nitrogens with one attached hydrogen (secondary N) is 5. The summed E-state index contributed by atoms with van der Waals surface area (Å²) in [5, 5.41) is 14.8. The fraction of sp³-hybridized carbons (Fsp3) is 0.176. The van der Waals surface area contributed by atoms with Gasteiger partial charge in [-0.1, -0.05) is 29.5 Å². The number of carboxylic acids is 1. The van der Waals surface area contributed by atoms with E-state index in [1.807, 2.05) is 4.72 Å². The topological polar surface area (TPSA) is 257 Å². The van der Waals surface area contributed by atoms with E-state index in [0.29, 0.717) is 21.8 Å². The number of nitrogen functional groups attached to an aromatic ring is 1. The lowest BCUT2D eigenvalue weighted by Crippen LogP contribution is -2.42. The maximum atomic E-state index is 13.1. The summed E-state index contributed by atoms with van der Waals surface area (Å²) in [4.78, 5) is 13.9. The summed E-state index contributed by atoms with van der Waals surface area (Å²) in [6.07, 6.45) is -0.971. The molecule has 0 amide bonds. The molecule has 2 aromatic carbocycles. The molecule has 15 nitrogen and oxygen atoms in total. The highest BCUT2D eigenvalue weighted by molar-refractivity contribution is 7.92. The first kappa shape index (κ1) is 25.3. The number of fused-ring (bicyclic) bond motifs is 1. The van der Waals surface area contributed by atoms with E-state index < -0.39 is 54.6 Å². The molecule has 1 fully saturated rings. The molecule has 2 heterocycles. The number of hydrogen-bond donors (Lipinski definition) is 9. The third kappa shape index (κ3) is 4.97. The second-order valence-corrected chi connectivity index (χ2v) is 11.7. The van der Waals surface area contributed by atoms with Crippen LogP contribution in [0.1, 0.15) is 11.7 Å². The van der Waals surface area contributed by atoms with E-state index in [4.69, 9.17) is 21.7 Å². The van der Waals surface area contributed by atoms with Crippen LogP contribution in [-0.4, -0.2) is 45.5 Å².